The van der Waals surface area contributed by atoms with Crippen LogP contribution in [0.15, 0.2) is 54.1 Å². The monoisotopic (exact) mass is 920 g/mol. The number of alkyl halides is 6. The fraction of sp³-hybridized carbons (Fsp3) is 0.475. The number of anilines is 1. The Kier molecular flexibility index (Phi) is 15.2. The van der Waals surface area contributed by atoms with Crippen LogP contribution in [0.2, 0.25) is 0 Å². The molecule has 350 valence electrons. The summed E-state index contributed by atoms with van der Waals surface area (Å²) in [4.78, 5) is 48.4. The van der Waals surface area contributed by atoms with E-state index in [0.717, 1.165) is 28.1 Å². The third-order valence-electron chi connectivity index (χ3n) is 11.0. The van der Waals surface area contributed by atoms with Crippen LogP contribution in [0.3, 0.4) is 0 Å². The highest BCUT2D eigenvalue weighted by atomic mass is 19.4. The first-order valence-electron chi connectivity index (χ1n) is 19.5. The summed E-state index contributed by atoms with van der Waals surface area (Å²) in [5, 5.41) is 64.2. The summed E-state index contributed by atoms with van der Waals surface area (Å²) in [7, 11) is 2.64. The van der Waals surface area contributed by atoms with Gasteiger partial charge in [0.2, 0.25) is 11.7 Å². The molecule has 1 aliphatic heterocycles. The molecule has 3 amide bonds. The summed E-state index contributed by atoms with van der Waals surface area (Å²) in [5.41, 5.74) is -7.48. The van der Waals surface area contributed by atoms with Crippen molar-refractivity contribution in [2.45, 2.75) is 87.4 Å². The lowest BCUT2D eigenvalue weighted by Gasteiger charge is -2.48. The summed E-state index contributed by atoms with van der Waals surface area (Å²) in [5.74, 6) is -7.50. The number of hydrogen-bond donors (Lipinski definition) is 7. The Balaban J connectivity index is 1.33. The summed E-state index contributed by atoms with van der Waals surface area (Å²) in [6, 6.07) is 4.15. The molecule has 3 aromatic rings. The standard InChI is InChI=1S/C40H44F8N6O10/c1-52(17-25(56)33(59)34(60)26(57)18-55)29(58)6-5-13-64-27-10-7-20(31(41)32(27)42)16-54-37(63)30(35(61)38(53(54)2)11-3-4-12-38)36(62)51-23-9-8-21(39(43,44)45)14-22(23)24-15-28(40(46,47)48)50-19-49-24/h7-10,14-15,19,25-26,33-34,55-57,59-61H,3-6,11-13,16-18H2,1-2H3,(H,51,62)/t25-,26+,33?,34+/m0/s1. The zero-order valence-electron chi connectivity index (χ0n) is 34.0. The number of hydrazine groups is 1. The molecule has 1 unspecified atom stereocenters. The Labute approximate surface area is 359 Å². The third kappa shape index (κ3) is 10.5. The number of ether oxygens (including phenoxy) is 1. The zero-order valence-corrected chi connectivity index (χ0v) is 34.0. The van der Waals surface area contributed by atoms with Crippen LogP contribution >= 0.6 is 0 Å². The van der Waals surface area contributed by atoms with E-state index in [2.05, 4.69) is 15.3 Å². The Hall–Kier alpha value is -5.53. The molecule has 16 nitrogen and oxygen atoms in total. The quantitative estimate of drug-likeness (QED) is 0.0622. The number of carbonyl (C=O) groups excluding carboxylic acids is 3. The molecule has 24 heteroatoms. The normalized spacial score (nSPS) is 17.7. The van der Waals surface area contributed by atoms with Gasteiger partial charge < -0.3 is 45.6 Å². The number of aliphatic hydroxyl groups is 6. The molecule has 0 bridgehead atoms. The Morgan fingerprint density at radius 1 is 0.938 bits per heavy atom. The third-order valence-corrected chi connectivity index (χ3v) is 11.0. The molecule has 0 saturated heterocycles. The number of rotatable bonds is 16. The van der Waals surface area contributed by atoms with Crippen LogP contribution in [-0.4, -0.2) is 137 Å². The zero-order chi connectivity index (χ0) is 47.5. The van der Waals surface area contributed by atoms with Crippen molar-refractivity contribution in [2.75, 3.05) is 39.2 Å². The van der Waals surface area contributed by atoms with Gasteiger partial charge in [-0.15, -0.1) is 0 Å². The molecule has 5 rings (SSSR count). The maximum atomic E-state index is 15.7. The molecule has 2 aliphatic rings. The van der Waals surface area contributed by atoms with Crippen LogP contribution in [0.4, 0.5) is 40.8 Å². The van der Waals surface area contributed by atoms with Gasteiger partial charge in [-0.05, 0) is 49.6 Å². The van der Waals surface area contributed by atoms with Gasteiger partial charge in [0.25, 0.3) is 11.8 Å². The summed E-state index contributed by atoms with van der Waals surface area (Å²) < 4.78 is 118. The van der Waals surface area contributed by atoms with Gasteiger partial charge in [-0.25, -0.2) is 19.4 Å². The van der Waals surface area contributed by atoms with E-state index < -0.39 is 142 Å². The Morgan fingerprint density at radius 2 is 1.59 bits per heavy atom. The first-order chi connectivity index (χ1) is 29.9. The van der Waals surface area contributed by atoms with Gasteiger partial charge in [0.1, 0.15) is 47.8 Å². The summed E-state index contributed by atoms with van der Waals surface area (Å²) >= 11 is 0. The Bertz CT molecular complexity index is 2240. The van der Waals surface area contributed by atoms with E-state index in [4.69, 9.17) is 9.84 Å². The van der Waals surface area contributed by atoms with E-state index >= 15 is 8.78 Å². The van der Waals surface area contributed by atoms with Gasteiger partial charge in [-0.3, -0.25) is 19.4 Å². The summed E-state index contributed by atoms with van der Waals surface area (Å²) in [6.07, 6.45) is -15.8. The number of likely N-dealkylation sites (N-methyl/N-ethyl adjacent to an activating group) is 2. The number of hydrogen-bond acceptors (Lipinski definition) is 13. The second-order valence-corrected chi connectivity index (χ2v) is 15.2. The molecule has 2 heterocycles. The Morgan fingerprint density at radius 3 is 2.22 bits per heavy atom. The van der Waals surface area contributed by atoms with Crippen LogP contribution in [0, 0.1) is 11.6 Å². The fourth-order valence-electron chi connectivity index (χ4n) is 7.39. The van der Waals surface area contributed by atoms with E-state index in [-0.39, 0.29) is 32.3 Å². The lowest BCUT2D eigenvalue weighted by Crippen LogP contribution is -2.62. The lowest BCUT2D eigenvalue weighted by molar-refractivity contribution is -0.163. The minimum Gasteiger partial charge on any atom is -0.509 e. The maximum absolute atomic E-state index is 15.7. The molecule has 1 spiro atoms. The van der Waals surface area contributed by atoms with Crippen LogP contribution < -0.4 is 10.1 Å². The smallest absolute Gasteiger partial charge is 0.433 e. The minimum atomic E-state index is -5.03. The van der Waals surface area contributed by atoms with E-state index in [1.165, 1.54) is 19.1 Å². The van der Waals surface area contributed by atoms with Gasteiger partial charge in [-0.2, -0.15) is 30.7 Å². The van der Waals surface area contributed by atoms with E-state index in [9.17, 15) is 66.3 Å². The number of amides is 3. The molecule has 1 fully saturated rings. The van der Waals surface area contributed by atoms with Crippen LogP contribution in [0.5, 0.6) is 5.75 Å². The number of nitrogens with one attached hydrogen (secondary N) is 1. The molecule has 0 radical (unpaired) electrons. The molecular formula is C40H44F8N6O10. The molecule has 2 aromatic carbocycles. The molecular weight excluding hydrogens is 876 g/mol. The predicted molar refractivity (Wildman–Crippen MR) is 205 cm³/mol. The molecule has 7 N–H and O–H groups in total. The van der Waals surface area contributed by atoms with Gasteiger partial charge >= 0.3 is 12.4 Å². The van der Waals surface area contributed by atoms with Crippen molar-refractivity contribution in [3.05, 3.63) is 82.5 Å². The maximum Gasteiger partial charge on any atom is 0.433 e. The van der Waals surface area contributed by atoms with E-state index in [1.807, 2.05) is 0 Å². The topological polar surface area (TPSA) is 229 Å². The van der Waals surface area contributed by atoms with Crippen molar-refractivity contribution in [1.29, 1.82) is 0 Å². The molecule has 1 aliphatic carbocycles. The minimum absolute atomic E-state index is 0.0477. The SMILES string of the molecule is CN(C[C@H](O)C(O)[C@H](O)[C@H](O)CO)C(=O)CCCOc1ccc(CN2C(=O)C(C(=O)Nc3ccc(C(F)(F)F)cc3-c3cc(C(F)(F)F)ncn3)=C(O)C3(CCCC3)N2C)c(F)c1F. The summed E-state index contributed by atoms with van der Waals surface area (Å²) in [6.45, 7) is -2.42. The molecule has 1 saturated carbocycles. The van der Waals surface area contributed by atoms with E-state index in [1.54, 1.807) is 0 Å². The largest absolute Gasteiger partial charge is 0.509 e. The number of aliphatic hydroxyl groups excluding tert-OH is 6. The van der Waals surface area contributed by atoms with Gasteiger partial charge in [-0.1, -0.05) is 18.9 Å². The average Bonchev–Trinajstić information content (AvgIpc) is 3.75. The van der Waals surface area contributed by atoms with Crippen molar-refractivity contribution in [3.63, 3.8) is 0 Å². The predicted octanol–water partition coefficient (Wildman–Crippen LogP) is 3.47. The van der Waals surface area contributed by atoms with Crippen molar-refractivity contribution >= 4 is 23.4 Å². The number of halogens is 8. The first-order valence-corrected chi connectivity index (χ1v) is 19.5. The molecule has 4 atom stereocenters. The number of carbonyl (C=O) groups is 3. The second-order valence-electron chi connectivity index (χ2n) is 15.2. The molecule has 64 heavy (non-hydrogen) atoms. The molecule has 1 aromatic heterocycles. The first kappa shape index (κ1) is 49.5. The highest BCUT2D eigenvalue weighted by Crippen LogP contribution is 2.45. The fourth-order valence-corrected chi connectivity index (χ4v) is 7.39. The number of nitrogens with zero attached hydrogens (tertiary/aromatic N) is 5. The lowest BCUT2D eigenvalue weighted by atomic mass is 9.88. The number of aromatic nitrogens is 2. The highest BCUT2D eigenvalue weighted by molar-refractivity contribution is 6.24. The van der Waals surface area contributed by atoms with Gasteiger partial charge in [0.15, 0.2) is 11.6 Å². The van der Waals surface area contributed by atoms with Crippen LogP contribution in [-0.2, 0) is 33.3 Å². The highest BCUT2D eigenvalue weighted by Gasteiger charge is 2.53. The average molecular weight is 921 g/mol. The second kappa shape index (κ2) is 19.7. The van der Waals surface area contributed by atoms with Crippen LogP contribution in [0.25, 0.3) is 11.3 Å². The number of benzene rings is 2. The van der Waals surface area contributed by atoms with E-state index in [0.29, 0.717) is 37.4 Å². The van der Waals surface area contributed by atoms with Crippen molar-refractivity contribution < 1.29 is 84.9 Å². The van der Waals surface area contributed by atoms with Crippen molar-refractivity contribution in [1.82, 2.24) is 24.9 Å². The van der Waals surface area contributed by atoms with Crippen LogP contribution in [0.1, 0.15) is 55.3 Å². The van der Waals surface area contributed by atoms with Gasteiger partial charge in [0, 0.05) is 38.2 Å². The van der Waals surface area contributed by atoms with Crippen molar-refractivity contribution in [3.8, 4) is 17.0 Å². The van der Waals surface area contributed by atoms with Crippen molar-refractivity contribution in [2.24, 2.45) is 0 Å². The van der Waals surface area contributed by atoms with Gasteiger partial charge in [0.05, 0.1) is 42.2 Å².